The summed E-state index contributed by atoms with van der Waals surface area (Å²) in [6.45, 7) is 5.61. The monoisotopic (exact) mass is 538 g/mol. The molecule has 1 atom stereocenters. The van der Waals surface area contributed by atoms with Gasteiger partial charge in [-0.2, -0.15) is 0 Å². The van der Waals surface area contributed by atoms with Crippen molar-refractivity contribution in [3.05, 3.63) is 90.2 Å². The number of benzene rings is 2. The van der Waals surface area contributed by atoms with Crippen LogP contribution in [0.5, 0.6) is 0 Å². The van der Waals surface area contributed by atoms with Gasteiger partial charge in [-0.05, 0) is 44.5 Å². The fourth-order valence-electron chi connectivity index (χ4n) is 4.08. The second-order valence-electron chi connectivity index (χ2n) is 7.93. The predicted molar refractivity (Wildman–Crippen MR) is 133 cm³/mol. The molecule has 0 radical (unpaired) electrons. The van der Waals surface area contributed by atoms with Crippen LogP contribution in [0.3, 0.4) is 0 Å². The molecule has 1 amide bonds. The van der Waals surface area contributed by atoms with Crippen molar-refractivity contribution >= 4 is 55.2 Å². The lowest BCUT2D eigenvalue weighted by Gasteiger charge is -2.22. The van der Waals surface area contributed by atoms with Gasteiger partial charge in [-0.3, -0.25) is 14.5 Å². The van der Waals surface area contributed by atoms with Crippen LogP contribution in [0, 0.1) is 13.8 Å². The van der Waals surface area contributed by atoms with E-state index in [9.17, 15) is 14.4 Å². The van der Waals surface area contributed by atoms with Crippen LogP contribution >= 0.6 is 27.3 Å². The summed E-state index contributed by atoms with van der Waals surface area (Å²) < 4.78 is 11.8. The number of aromatic nitrogens is 1. The van der Waals surface area contributed by atoms with Gasteiger partial charge >= 0.3 is 5.97 Å². The summed E-state index contributed by atoms with van der Waals surface area (Å²) in [5.74, 6) is -0.993. The summed E-state index contributed by atoms with van der Waals surface area (Å²) in [5, 5.41) is 0.676. The Morgan fingerprint density at radius 3 is 2.62 bits per heavy atom. The van der Waals surface area contributed by atoms with Crippen LogP contribution < -0.4 is 10.3 Å². The van der Waals surface area contributed by atoms with Gasteiger partial charge in [0.2, 0.25) is 5.76 Å². The van der Waals surface area contributed by atoms with Gasteiger partial charge in [-0.25, -0.2) is 9.78 Å². The Morgan fingerprint density at radius 2 is 1.91 bits per heavy atom. The van der Waals surface area contributed by atoms with E-state index in [0.717, 1.165) is 26.9 Å². The molecule has 1 aliphatic rings. The van der Waals surface area contributed by atoms with Crippen LogP contribution in [0.2, 0.25) is 0 Å². The molecule has 1 unspecified atom stereocenters. The highest BCUT2D eigenvalue weighted by molar-refractivity contribution is 9.10. The first-order valence-corrected chi connectivity index (χ1v) is 12.2. The van der Waals surface area contributed by atoms with Crippen LogP contribution in [-0.4, -0.2) is 23.5 Å². The molecule has 0 aliphatic carbocycles. The fraction of sp³-hybridized carbons (Fsp3) is 0.200. The van der Waals surface area contributed by atoms with Crippen molar-refractivity contribution in [2.24, 2.45) is 0 Å². The van der Waals surface area contributed by atoms with Crippen molar-refractivity contribution in [3.8, 4) is 0 Å². The number of esters is 1. The highest BCUT2D eigenvalue weighted by Gasteiger charge is 2.45. The number of hydrogen-bond donors (Lipinski definition) is 0. The van der Waals surface area contributed by atoms with Crippen molar-refractivity contribution in [2.45, 2.75) is 26.8 Å². The van der Waals surface area contributed by atoms with E-state index in [-0.39, 0.29) is 23.4 Å². The molecule has 34 heavy (non-hydrogen) atoms. The Balaban J connectivity index is 1.75. The summed E-state index contributed by atoms with van der Waals surface area (Å²) in [5.41, 5.74) is 2.54. The van der Waals surface area contributed by atoms with E-state index < -0.39 is 17.9 Å². The standard InChI is InChI=1S/C25H19BrN2O5S/c1-4-32-24(31)22-13(3)27-25(34-22)28-19(14-7-5-12(2)6-8-14)18-20(29)16-11-15(26)9-10-17(16)33-21(18)23(28)30/h5-11,19H,4H2,1-3H3. The molecule has 3 heterocycles. The zero-order valence-corrected chi connectivity index (χ0v) is 21.0. The third-order valence-corrected chi connectivity index (χ3v) is 7.31. The maximum atomic E-state index is 13.7. The number of nitrogens with zero attached hydrogens (tertiary/aromatic N) is 2. The van der Waals surface area contributed by atoms with Crippen molar-refractivity contribution < 1.29 is 18.7 Å². The van der Waals surface area contributed by atoms with Gasteiger partial charge in [0.1, 0.15) is 10.5 Å². The van der Waals surface area contributed by atoms with Crippen molar-refractivity contribution in [3.63, 3.8) is 0 Å². The lowest BCUT2D eigenvalue weighted by Crippen LogP contribution is -2.29. The summed E-state index contributed by atoms with van der Waals surface area (Å²) in [6.07, 6.45) is 0. The first kappa shape index (κ1) is 22.5. The van der Waals surface area contributed by atoms with Crippen LogP contribution in [-0.2, 0) is 4.74 Å². The van der Waals surface area contributed by atoms with Crippen LogP contribution in [0.1, 0.15) is 55.6 Å². The maximum Gasteiger partial charge on any atom is 0.350 e. The van der Waals surface area contributed by atoms with Gasteiger partial charge in [0, 0.05) is 4.47 Å². The number of amides is 1. The number of rotatable bonds is 4. The van der Waals surface area contributed by atoms with Gasteiger partial charge in [-0.1, -0.05) is 57.1 Å². The molecule has 0 N–H and O–H groups in total. The molecular weight excluding hydrogens is 520 g/mol. The molecule has 5 rings (SSSR count). The normalized spacial score (nSPS) is 15.1. The minimum Gasteiger partial charge on any atom is -0.462 e. The fourth-order valence-corrected chi connectivity index (χ4v) is 5.43. The first-order valence-electron chi connectivity index (χ1n) is 10.6. The number of fused-ring (bicyclic) bond motifs is 2. The summed E-state index contributed by atoms with van der Waals surface area (Å²) in [7, 11) is 0. The van der Waals surface area contributed by atoms with Gasteiger partial charge in [-0.15, -0.1) is 0 Å². The molecule has 4 aromatic rings. The number of anilines is 1. The molecular formula is C25H19BrN2O5S. The number of ether oxygens (including phenoxy) is 1. The lowest BCUT2D eigenvalue weighted by atomic mass is 9.98. The third-order valence-electron chi connectivity index (χ3n) is 5.68. The van der Waals surface area contributed by atoms with Crippen LogP contribution in [0.4, 0.5) is 5.13 Å². The molecule has 0 bridgehead atoms. The molecule has 2 aromatic heterocycles. The smallest absolute Gasteiger partial charge is 0.350 e. The highest BCUT2D eigenvalue weighted by atomic mass is 79.9. The van der Waals surface area contributed by atoms with E-state index in [0.29, 0.717) is 26.7 Å². The number of carbonyl (C=O) groups excluding carboxylic acids is 2. The minimum absolute atomic E-state index is 0.0177. The zero-order valence-electron chi connectivity index (χ0n) is 18.5. The van der Waals surface area contributed by atoms with Gasteiger partial charge in [0.05, 0.1) is 29.3 Å². The van der Waals surface area contributed by atoms with E-state index >= 15 is 0 Å². The summed E-state index contributed by atoms with van der Waals surface area (Å²) in [4.78, 5) is 46.0. The van der Waals surface area contributed by atoms with Gasteiger partial charge < -0.3 is 9.15 Å². The zero-order chi connectivity index (χ0) is 24.1. The predicted octanol–water partition coefficient (Wildman–Crippen LogP) is 5.56. The van der Waals surface area contributed by atoms with Crippen molar-refractivity contribution in [1.29, 1.82) is 0 Å². The third kappa shape index (κ3) is 3.56. The molecule has 7 nitrogen and oxygen atoms in total. The van der Waals surface area contributed by atoms with Crippen molar-refractivity contribution in [2.75, 3.05) is 11.5 Å². The molecule has 0 saturated heterocycles. The van der Waals surface area contributed by atoms with Crippen molar-refractivity contribution in [1.82, 2.24) is 4.98 Å². The Hall–Kier alpha value is -3.30. The lowest BCUT2D eigenvalue weighted by molar-refractivity contribution is 0.0531. The minimum atomic E-state index is -0.747. The number of hydrogen-bond acceptors (Lipinski definition) is 7. The number of carbonyl (C=O) groups is 2. The van der Waals surface area contributed by atoms with E-state index in [1.807, 2.05) is 31.2 Å². The van der Waals surface area contributed by atoms with Crippen LogP contribution in [0.15, 0.2) is 56.1 Å². The molecule has 1 aliphatic heterocycles. The molecule has 0 fully saturated rings. The van der Waals surface area contributed by atoms with Gasteiger partial charge in [0.15, 0.2) is 10.6 Å². The van der Waals surface area contributed by atoms with Gasteiger partial charge in [0.25, 0.3) is 5.91 Å². The largest absolute Gasteiger partial charge is 0.462 e. The SMILES string of the molecule is CCOC(=O)c1sc(N2C(=O)c3oc4ccc(Br)cc4c(=O)c3C2c2ccc(C)cc2)nc1C. The molecule has 172 valence electrons. The molecule has 0 saturated carbocycles. The van der Waals surface area contributed by atoms with E-state index in [1.165, 1.54) is 4.90 Å². The quantitative estimate of drug-likeness (QED) is 0.316. The molecule has 2 aromatic carbocycles. The second-order valence-corrected chi connectivity index (χ2v) is 9.83. The maximum absolute atomic E-state index is 13.7. The Labute approximate surface area is 207 Å². The first-order chi connectivity index (χ1) is 16.3. The van der Waals surface area contributed by atoms with E-state index in [4.69, 9.17) is 9.15 Å². The number of aryl methyl sites for hydroxylation is 2. The number of halogens is 1. The Kier molecular flexibility index (Phi) is 5.61. The van der Waals surface area contributed by atoms with E-state index in [2.05, 4.69) is 20.9 Å². The average Bonchev–Trinajstić information content (AvgIpc) is 3.33. The molecule has 0 spiro atoms. The van der Waals surface area contributed by atoms with E-state index in [1.54, 1.807) is 32.0 Å². The topological polar surface area (TPSA) is 89.7 Å². The average molecular weight is 539 g/mol. The number of thiazole rings is 1. The Morgan fingerprint density at radius 1 is 1.18 bits per heavy atom. The molecule has 9 heteroatoms. The summed E-state index contributed by atoms with van der Waals surface area (Å²) >= 11 is 4.46. The Bertz CT molecular complexity index is 1520. The highest BCUT2D eigenvalue weighted by Crippen LogP contribution is 2.43. The summed E-state index contributed by atoms with van der Waals surface area (Å²) in [6, 6.07) is 12.0. The second kappa shape index (κ2) is 8.48. The van der Waals surface area contributed by atoms with Crippen LogP contribution in [0.25, 0.3) is 11.0 Å².